The van der Waals surface area contributed by atoms with Gasteiger partial charge in [-0.1, -0.05) is 183 Å². The van der Waals surface area contributed by atoms with Gasteiger partial charge in [0, 0.05) is 25.2 Å². The van der Waals surface area contributed by atoms with Crippen LogP contribution in [0, 0.1) is 0 Å². The molecule has 6 aromatic rings. The fraction of sp³-hybridized carbons (Fsp3) is 0.182. The summed E-state index contributed by atoms with van der Waals surface area (Å²) in [6.45, 7) is 1.75. The van der Waals surface area contributed by atoms with E-state index in [2.05, 4.69) is 180 Å². The van der Waals surface area contributed by atoms with Crippen molar-refractivity contribution in [2.75, 3.05) is 0 Å². The molecule has 0 amide bonds. The fourth-order valence-electron chi connectivity index (χ4n) is 7.02. The van der Waals surface area contributed by atoms with Crippen LogP contribution >= 0.6 is 35.2 Å². The average molecular weight is 835 g/mol. The van der Waals surface area contributed by atoms with Crippen molar-refractivity contribution in [3.63, 3.8) is 0 Å². The Morgan fingerprint density at radius 1 is 0.431 bits per heavy atom. The summed E-state index contributed by atoms with van der Waals surface area (Å²) in [6.07, 6.45) is 4.97. The van der Waals surface area contributed by atoms with Gasteiger partial charge < -0.3 is 10.6 Å². The zero-order chi connectivity index (χ0) is 35.1. The van der Waals surface area contributed by atoms with E-state index in [9.17, 15) is 0 Å². The van der Waals surface area contributed by atoms with E-state index in [1.807, 2.05) is 0 Å². The number of hydrogen-bond acceptors (Lipinski definition) is 2. The van der Waals surface area contributed by atoms with Crippen LogP contribution in [0.2, 0.25) is 0 Å². The molecule has 1 saturated carbocycles. The van der Waals surface area contributed by atoms with E-state index >= 15 is 0 Å². The van der Waals surface area contributed by atoms with Crippen LogP contribution in [0.25, 0.3) is 0 Å². The molecule has 7 heteroatoms. The third-order valence-electron chi connectivity index (χ3n) is 9.40. The van der Waals surface area contributed by atoms with Crippen molar-refractivity contribution in [1.82, 2.24) is 10.6 Å². The number of hydrogen-bond donors (Lipinski definition) is 2. The molecular weight excluding hydrogens is 790 g/mol. The normalized spacial score (nSPS) is 15.8. The summed E-state index contributed by atoms with van der Waals surface area (Å²) in [5, 5.41) is 16.6. The molecule has 2 nitrogen and oxygen atoms in total. The molecular formula is C44H44Cl2N2P2Ru. The molecule has 0 bridgehead atoms. The molecule has 2 N–H and O–H groups in total. The summed E-state index contributed by atoms with van der Waals surface area (Å²) in [5.41, 5.74) is 2.81. The van der Waals surface area contributed by atoms with Gasteiger partial charge in [0.15, 0.2) is 0 Å². The van der Waals surface area contributed by atoms with Crippen LogP contribution in [0.1, 0.15) is 36.8 Å². The summed E-state index contributed by atoms with van der Waals surface area (Å²) in [4.78, 5) is 0. The monoisotopic (exact) mass is 834 g/mol. The Morgan fingerprint density at radius 3 is 1.02 bits per heavy atom. The van der Waals surface area contributed by atoms with Gasteiger partial charge in [0.25, 0.3) is 0 Å². The molecule has 262 valence electrons. The molecule has 1 aliphatic carbocycles. The smallest absolute Gasteiger partial charge is 0.0224 e. The number of halogens is 2. The van der Waals surface area contributed by atoms with Gasteiger partial charge >= 0.3 is 34.5 Å². The van der Waals surface area contributed by atoms with Crippen LogP contribution in [0.4, 0.5) is 0 Å². The first-order valence-electron chi connectivity index (χ1n) is 17.5. The Morgan fingerprint density at radius 2 is 0.706 bits per heavy atom. The maximum absolute atomic E-state index is 4.85. The Kier molecular flexibility index (Phi) is 15.3. The minimum absolute atomic E-state index is 0.346. The van der Waals surface area contributed by atoms with Crippen LogP contribution in [0.5, 0.6) is 0 Å². The third kappa shape index (κ3) is 10.5. The molecule has 0 spiro atoms. The second-order valence-corrected chi connectivity index (χ2v) is 19.6. The van der Waals surface area contributed by atoms with Gasteiger partial charge in [0.2, 0.25) is 0 Å². The van der Waals surface area contributed by atoms with Gasteiger partial charge in [0.05, 0.1) is 0 Å². The zero-order valence-electron chi connectivity index (χ0n) is 28.6. The van der Waals surface area contributed by atoms with Crippen LogP contribution < -0.4 is 42.5 Å². The first-order valence-corrected chi connectivity index (χ1v) is 24.7. The molecule has 0 heterocycles. The molecule has 1 fully saturated rings. The van der Waals surface area contributed by atoms with Crippen molar-refractivity contribution in [2.45, 2.75) is 50.9 Å². The fourth-order valence-corrected chi connectivity index (χ4v) is 12.0. The van der Waals surface area contributed by atoms with E-state index < -0.39 is 15.8 Å². The molecule has 0 aromatic heterocycles. The molecule has 0 radical (unpaired) electrons. The van der Waals surface area contributed by atoms with E-state index in [4.69, 9.17) is 19.4 Å². The van der Waals surface area contributed by atoms with Crippen LogP contribution in [0.3, 0.4) is 0 Å². The minimum Gasteiger partial charge on any atom is -0.308 e. The van der Waals surface area contributed by atoms with E-state index in [1.54, 1.807) is 0 Å². The molecule has 51 heavy (non-hydrogen) atoms. The largest absolute Gasteiger partial charge is 0.308 e. The van der Waals surface area contributed by atoms with Gasteiger partial charge in [-0.3, -0.25) is 0 Å². The van der Waals surface area contributed by atoms with Crippen LogP contribution in [-0.2, 0) is 28.2 Å². The molecule has 6 aromatic carbocycles. The topological polar surface area (TPSA) is 24.1 Å². The van der Waals surface area contributed by atoms with Crippen LogP contribution in [-0.4, -0.2) is 12.1 Å². The van der Waals surface area contributed by atoms with E-state index in [-0.39, 0.29) is 15.1 Å². The molecule has 7 rings (SSSR count). The summed E-state index contributed by atoms with van der Waals surface area (Å²) in [6, 6.07) is 63.3. The SMILES string of the molecule is [Cl][Ru][Cl].c1ccc(P(c2ccccc2)c2ccccc2CN[C@H]2CCCC[C@@H]2NCc2ccccc2P(c2ccccc2)c2ccccc2)cc1. The molecule has 0 aliphatic heterocycles. The van der Waals surface area contributed by atoms with Gasteiger partial charge in [-0.05, 0) is 71.6 Å². The van der Waals surface area contributed by atoms with Gasteiger partial charge in [0.1, 0.15) is 0 Å². The average Bonchev–Trinajstić information content (AvgIpc) is 3.20. The van der Waals surface area contributed by atoms with Gasteiger partial charge in [-0.2, -0.15) is 0 Å². The first kappa shape index (κ1) is 38.0. The summed E-state index contributed by atoms with van der Waals surface area (Å²) in [5.74, 6) is 0. The second kappa shape index (κ2) is 20.5. The predicted octanol–water partition coefficient (Wildman–Crippen LogP) is 8.77. The van der Waals surface area contributed by atoms with Crippen molar-refractivity contribution in [2.24, 2.45) is 0 Å². The molecule has 2 atom stereocenters. The van der Waals surface area contributed by atoms with Crippen LogP contribution in [0.15, 0.2) is 170 Å². The van der Waals surface area contributed by atoms with Gasteiger partial charge in [-0.25, -0.2) is 0 Å². The van der Waals surface area contributed by atoms with Gasteiger partial charge in [-0.15, -0.1) is 0 Å². The number of benzene rings is 6. The maximum atomic E-state index is 4.85. The van der Waals surface area contributed by atoms with Crippen molar-refractivity contribution in [3.05, 3.63) is 181 Å². The summed E-state index contributed by atoms with van der Waals surface area (Å²) >= 11 is -0.346. The quantitative estimate of drug-likeness (QED) is 0.0953. The first-order chi connectivity index (χ1) is 25.3. The van der Waals surface area contributed by atoms with Crippen molar-refractivity contribution >= 4 is 67.1 Å². The maximum Gasteiger partial charge on any atom is 0.0224 e. The minimum atomic E-state index is -0.646. The molecule has 0 saturated heterocycles. The Hall–Kier alpha value is -2.70. The summed E-state index contributed by atoms with van der Waals surface area (Å²) in [7, 11) is 8.42. The standard InChI is InChI=1S/C44H44N2P2.2ClH.Ru/c1-5-21-37(22-6-1)47(38-23-7-2-8-24-38)43-31-17-13-19-35(43)33-45-41-29-15-16-30-42(41)46-34-36-20-14-18-32-44(36)48(39-25-9-3-10-26-39)40-27-11-4-12-28-40;;;/h1-14,17-28,31-32,41-42,45-46H,15-16,29-30,33-34H2;2*1H;/q;;;+2/p-2/t41-,42-;;;/m0.../s1. The Bertz CT molecular complexity index is 1670. The molecule has 1 aliphatic rings. The van der Waals surface area contributed by atoms with Crippen molar-refractivity contribution in [1.29, 1.82) is 0 Å². The van der Waals surface area contributed by atoms with Crippen molar-refractivity contribution in [3.8, 4) is 0 Å². The zero-order valence-corrected chi connectivity index (χ0v) is 33.6. The third-order valence-corrected chi connectivity index (χ3v) is 14.5. The number of nitrogens with one attached hydrogen (secondary N) is 2. The Labute approximate surface area is 322 Å². The Balaban J connectivity index is 0.00000144. The van der Waals surface area contributed by atoms with E-state index in [0.29, 0.717) is 12.1 Å². The predicted molar refractivity (Wildman–Crippen MR) is 222 cm³/mol. The van der Waals surface area contributed by atoms with Crippen molar-refractivity contribution < 1.29 is 15.1 Å². The van der Waals surface area contributed by atoms with E-state index in [1.165, 1.54) is 68.6 Å². The molecule has 0 unspecified atom stereocenters. The number of rotatable bonds is 12. The van der Waals surface area contributed by atoms with E-state index in [0.717, 1.165) is 13.1 Å². The second-order valence-electron chi connectivity index (χ2n) is 12.6. The summed E-state index contributed by atoms with van der Waals surface area (Å²) < 4.78 is 0.